The van der Waals surface area contributed by atoms with Crippen LogP contribution in [-0.4, -0.2) is 22.8 Å². The Morgan fingerprint density at radius 2 is 1.93 bits per heavy atom. The molecular formula is C11H22O3. The van der Waals surface area contributed by atoms with Crippen molar-refractivity contribution in [2.75, 3.05) is 0 Å². The van der Waals surface area contributed by atoms with Crippen molar-refractivity contribution < 1.29 is 14.6 Å². The fourth-order valence-electron chi connectivity index (χ4n) is 1.49. The predicted molar refractivity (Wildman–Crippen MR) is 56.3 cm³/mol. The summed E-state index contributed by atoms with van der Waals surface area (Å²) in [4.78, 5) is 11.1. The summed E-state index contributed by atoms with van der Waals surface area (Å²) in [6.07, 6.45) is 1.38. The first-order chi connectivity index (χ1) is 6.31. The van der Waals surface area contributed by atoms with E-state index < -0.39 is 11.6 Å². The first-order valence-electron chi connectivity index (χ1n) is 5.23. The number of hydrogen-bond acceptors (Lipinski definition) is 2. The average Bonchev–Trinajstić information content (AvgIpc) is 2.02. The Labute approximate surface area is 86.5 Å². The van der Waals surface area contributed by atoms with Crippen LogP contribution in [-0.2, 0) is 9.53 Å². The van der Waals surface area contributed by atoms with E-state index >= 15 is 0 Å². The van der Waals surface area contributed by atoms with Gasteiger partial charge in [-0.2, -0.15) is 0 Å². The second-order valence-electron chi connectivity index (χ2n) is 4.47. The average molecular weight is 202 g/mol. The molecule has 0 aromatic heterocycles. The molecule has 0 saturated heterocycles. The minimum Gasteiger partial charge on any atom is -0.479 e. The number of carbonyl (C=O) groups is 1. The molecule has 1 N–H and O–H groups in total. The van der Waals surface area contributed by atoms with Crippen LogP contribution in [0.3, 0.4) is 0 Å². The van der Waals surface area contributed by atoms with E-state index in [1.807, 2.05) is 27.7 Å². The largest absolute Gasteiger partial charge is 0.479 e. The van der Waals surface area contributed by atoms with Crippen molar-refractivity contribution in [3.63, 3.8) is 0 Å². The molecule has 0 aliphatic rings. The van der Waals surface area contributed by atoms with E-state index in [4.69, 9.17) is 9.84 Å². The lowest BCUT2D eigenvalue weighted by atomic mass is 9.94. The van der Waals surface area contributed by atoms with Gasteiger partial charge in [-0.3, -0.25) is 0 Å². The summed E-state index contributed by atoms with van der Waals surface area (Å²) in [6, 6.07) is 0. The molecule has 2 unspecified atom stereocenters. The van der Waals surface area contributed by atoms with Crippen molar-refractivity contribution >= 4 is 5.97 Å². The van der Waals surface area contributed by atoms with E-state index in [0.717, 1.165) is 6.42 Å². The first kappa shape index (κ1) is 13.4. The lowest BCUT2D eigenvalue weighted by Crippen LogP contribution is -2.42. The molecule has 0 spiro atoms. The van der Waals surface area contributed by atoms with Gasteiger partial charge in [0.05, 0.1) is 6.10 Å². The molecule has 2 atom stereocenters. The third kappa shape index (κ3) is 4.09. The fourth-order valence-corrected chi connectivity index (χ4v) is 1.49. The van der Waals surface area contributed by atoms with Crippen LogP contribution in [0.1, 0.15) is 47.5 Å². The summed E-state index contributed by atoms with van der Waals surface area (Å²) in [7, 11) is 0. The molecule has 0 aliphatic carbocycles. The Hall–Kier alpha value is -0.570. The SMILES string of the molecule is CCC(C)OC(C)(CC(C)C)C(=O)O. The van der Waals surface area contributed by atoms with Crippen molar-refractivity contribution in [2.45, 2.75) is 59.2 Å². The topological polar surface area (TPSA) is 46.5 Å². The summed E-state index contributed by atoms with van der Waals surface area (Å²) < 4.78 is 5.56. The van der Waals surface area contributed by atoms with Gasteiger partial charge in [0.15, 0.2) is 5.60 Å². The lowest BCUT2D eigenvalue weighted by molar-refractivity contribution is -0.172. The maximum atomic E-state index is 11.1. The predicted octanol–water partition coefficient (Wildman–Crippen LogP) is 2.69. The van der Waals surface area contributed by atoms with Gasteiger partial charge in [0.2, 0.25) is 0 Å². The second-order valence-corrected chi connectivity index (χ2v) is 4.47. The Bertz CT molecular complexity index is 189. The number of ether oxygens (including phenoxy) is 1. The molecule has 0 aromatic rings. The molecule has 0 heterocycles. The van der Waals surface area contributed by atoms with Gasteiger partial charge in [0.25, 0.3) is 0 Å². The Morgan fingerprint density at radius 3 is 2.21 bits per heavy atom. The van der Waals surface area contributed by atoms with E-state index in [1.54, 1.807) is 6.92 Å². The zero-order valence-electron chi connectivity index (χ0n) is 9.83. The van der Waals surface area contributed by atoms with Crippen molar-refractivity contribution in [1.82, 2.24) is 0 Å². The summed E-state index contributed by atoms with van der Waals surface area (Å²) >= 11 is 0. The molecular weight excluding hydrogens is 180 g/mol. The number of carboxylic acids is 1. The highest BCUT2D eigenvalue weighted by Gasteiger charge is 2.36. The molecule has 3 heteroatoms. The third-order valence-electron chi connectivity index (χ3n) is 2.29. The fraction of sp³-hybridized carbons (Fsp3) is 0.909. The normalized spacial score (nSPS) is 17.9. The number of aliphatic carboxylic acids is 1. The molecule has 14 heavy (non-hydrogen) atoms. The number of hydrogen-bond donors (Lipinski definition) is 1. The van der Waals surface area contributed by atoms with E-state index in [1.165, 1.54) is 0 Å². The molecule has 0 amide bonds. The van der Waals surface area contributed by atoms with Gasteiger partial charge in [-0.1, -0.05) is 20.8 Å². The second kappa shape index (κ2) is 5.35. The minimum atomic E-state index is -1.04. The van der Waals surface area contributed by atoms with Crippen LogP contribution in [0.5, 0.6) is 0 Å². The highest BCUT2D eigenvalue weighted by Crippen LogP contribution is 2.23. The van der Waals surface area contributed by atoms with E-state index in [-0.39, 0.29) is 6.10 Å². The first-order valence-corrected chi connectivity index (χ1v) is 5.23. The van der Waals surface area contributed by atoms with Crippen LogP contribution in [0, 0.1) is 5.92 Å². The summed E-state index contributed by atoms with van der Waals surface area (Å²) in [5.41, 5.74) is -1.04. The molecule has 0 saturated carbocycles. The van der Waals surface area contributed by atoms with Crippen LogP contribution >= 0.6 is 0 Å². The Kier molecular flexibility index (Phi) is 5.13. The number of rotatable bonds is 6. The Balaban J connectivity index is 4.47. The smallest absolute Gasteiger partial charge is 0.335 e. The van der Waals surface area contributed by atoms with E-state index in [9.17, 15) is 4.79 Å². The lowest BCUT2D eigenvalue weighted by Gasteiger charge is -2.30. The van der Waals surface area contributed by atoms with Crippen molar-refractivity contribution in [3.05, 3.63) is 0 Å². The van der Waals surface area contributed by atoms with Gasteiger partial charge in [-0.25, -0.2) is 4.79 Å². The van der Waals surface area contributed by atoms with Gasteiger partial charge >= 0.3 is 5.97 Å². The molecule has 84 valence electrons. The maximum Gasteiger partial charge on any atom is 0.335 e. The zero-order chi connectivity index (χ0) is 11.4. The summed E-state index contributed by atoms with van der Waals surface area (Å²) in [5, 5.41) is 9.10. The van der Waals surface area contributed by atoms with Gasteiger partial charge in [-0.05, 0) is 32.6 Å². The monoisotopic (exact) mass is 202 g/mol. The van der Waals surface area contributed by atoms with Crippen LogP contribution in [0.4, 0.5) is 0 Å². The van der Waals surface area contributed by atoms with E-state index in [2.05, 4.69) is 0 Å². The van der Waals surface area contributed by atoms with Gasteiger partial charge in [0.1, 0.15) is 0 Å². The van der Waals surface area contributed by atoms with Crippen LogP contribution in [0.25, 0.3) is 0 Å². The van der Waals surface area contributed by atoms with Crippen LogP contribution in [0.2, 0.25) is 0 Å². The van der Waals surface area contributed by atoms with Gasteiger partial charge in [0, 0.05) is 0 Å². The van der Waals surface area contributed by atoms with Crippen LogP contribution in [0.15, 0.2) is 0 Å². The molecule has 3 nitrogen and oxygen atoms in total. The minimum absolute atomic E-state index is 0.00477. The molecule has 0 radical (unpaired) electrons. The van der Waals surface area contributed by atoms with Crippen molar-refractivity contribution in [1.29, 1.82) is 0 Å². The maximum absolute atomic E-state index is 11.1. The molecule has 0 aromatic carbocycles. The van der Waals surface area contributed by atoms with Crippen LogP contribution < -0.4 is 0 Å². The highest BCUT2D eigenvalue weighted by atomic mass is 16.5. The van der Waals surface area contributed by atoms with Gasteiger partial charge in [-0.15, -0.1) is 0 Å². The van der Waals surface area contributed by atoms with Crippen molar-refractivity contribution in [2.24, 2.45) is 5.92 Å². The van der Waals surface area contributed by atoms with E-state index in [0.29, 0.717) is 12.3 Å². The third-order valence-corrected chi connectivity index (χ3v) is 2.29. The standard InChI is InChI=1S/C11H22O3/c1-6-9(4)14-11(5,10(12)13)7-8(2)3/h8-9H,6-7H2,1-5H3,(H,12,13). The zero-order valence-corrected chi connectivity index (χ0v) is 9.83. The Morgan fingerprint density at radius 1 is 1.43 bits per heavy atom. The molecule has 0 bridgehead atoms. The highest BCUT2D eigenvalue weighted by molar-refractivity contribution is 5.76. The molecule has 0 rings (SSSR count). The molecule has 0 fully saturated rings. The van der Waals surface area contributed by atoms with Crippen molar-refractivity contribution in [3.8, 4) is 0 Å². The van der Waals surface area contributed by atoms with Gasteiger partial charge < -0.3 is 9.84 Å². The quantitative estimate of drug-likeness (QED) is 0.720. The number of carboxylic acid groups (broad SMARTS) is 1. The summed E-state index contributed by atoms with van der Waals surface area (Å²) in [5.74, 6) is -0.549. The summed E-state index contributed by atoms with van der Waals surface area (Å²) in [6.45, 7) is 9.55. The molecule has 0 aliphatic heterocycles.